The summed E-state index contributed by atoms with van der Waals surface area (Å²) >= 11 is 0. The zero-order valence-electron chi connectivity index (χ0n) is 12.4. The summed E-state index contributed by atoms with van der Waals surface area (Å²) in [6.07, 6.45) is 3.20. The maximum absolute atomic E-state index is 11.1. The Balaban J connectivity index is 2.16. The molecule has 0 radical (unpaired) electrons. The van der Waals surface area contributed by atoms with E-state index in [2.05, 4.69) is 0 Å². The molecule has 4 heteroatoms. The first-order valence-corrected chi connectivity index (χ1v) is 7.28. The Hall–Kier alpha value is -1.71. The van der Waals surface area contributed by atoms with E-state index in [1.807, 2.05) is 38.1 Å². The highest BCUT2D eigenvalue weighted by molar-refractivity contribution is 5.69. The highest BCUT2D eigenvalue weighted by Gasteiger charge is 2.04. The third-order valence-electron chi connectivity index (χ3n) is 2.74. The number of unbranched alkanes of at least 4 members (excludes halogenated alkanes) is 2. The fourth-order valence-corrected chi connectivity index (χ4v) is 1.81. The number of para-hydroxylation sites is 2. The van der Waals surface area contributed by atoms with Crippen molar-refractivity contribution in [2.75, 3.05) is 19.8 Å². The van der Waals surface area contributed by atoms with E-state index in [0.29, 0.717) is 26.2 Å². The number of esters is 1. The Morgan fingerprint density at radius 2 is 1.65 bits per heavy atom. The fourth-order valence-electron chi connectivity index (χ4n) is 1.81. The van der Waals surface area contributed by atoms with E-state index in [9.17, 15) is 4.79 Å². The molecule has 0 spiro atoms. The van der Waals surface area contributed by atoms with Gasteiger partial charge >= 0.3 is 5.97 Å². The smallest absolute Gasteiger partial charge is 0.305 e. The molecule has 1 aromatic carbocycles. The molecule has 0 aliphatic carbocycles. The Labute approximate surface area is 121 Å². The molecule has 0 fully saturated rings. The van der Waals surface area contributed by atoms with Crippen LogP contribution in [0.25, 0.3) is 0 Å². The summed E-state index contributed by atoms with van der Waals surface area (Å²) in [5.74, 6) is 1.44. The Bertz CT molecular complexity index is 390. The normalized spacial score (nSPS) is 10.1. The zero-order valence-corrected chi connectivity index (χ0v) is 12.4. The van der Waals surface area contributed by atoms with Crippen LogP contribution in [0.3, 0.4) is 0 Å². The van der Waals surface area contributed by atoms with Crippen LogP contribution in [0.2, 0.25) is 0 Å². The molecule has 0 saturated heterocycles. The van der Waals surface area contributed by atoms with Gasteiger partial charge in [0.2, 0.25) is 0 Å². The molecule has 0 N–H and O–H groups in total. The fraction of sp³-hybridized carbons (Fsp3) is 0.562. The van der Waals surface area contributed by atoms with E-state index in [1.165, 1.54) is 0 Å². The van der Waals surface area contributed by atoms with Gasteiger partial charge in [-0.3, -0.25) is 4.79 Å². The van der Waals surface area contributed by atoms with Crippen LogP contribution in [-0.4, -0.2) is 25.8 Å². The van der Waals surface area contributed by atoms with Gasteiger partial charge in [-0.2, -0.15) is 0 Å². The summed E-state index contributed by atoms with van der Waals surface area (Å²) in [7, 11) is 0. The molecule has 112 valence electrons. The average molecular weight is 280 g/mol. The number of ether oxygens (including phenoxy) is 3. The molecule has 0 heterocycles. The first kappa shape index (κ1) is 16.3. The molecular formula is C16H24O4. The number of rotatable bonds is 10. The van der Waals surface area contributed by atoms with Crippen LogP contribution in [0.1, 0.15) is 39.5 Å². The quantitative estimate of drug-likeness (QED) is 0.485. The van der Waals surface area contributed by atoms with Crippen LogP contribution in [-0.2, 0) is 9.53 Å². The van der Waals surface area contributed by atoms with Crippen molar-refractivity contribution >= 4 is 5.97 Å². The molecule has 20 heavy (non-hydrogen) atoms. The van der Waals surface area contributed by atoms with Crippen molar-refractivity contribution in [1.82, 2.24) is 0 Å². The second-order valence-electron chi connectivity index (χ2n) is 4.34. The largest absolute Gasteiger partial charge is 0.490 e. The lowest BCUT2D eigenvalue weighted by atomic mass is 10.2. The third kappa shape index (κ3) is 6.45. The van der Waals surface area contributed by atoms with Gasteiger partial charge in [-0.25, -0.2) is 0 Å². The van der Waals surface area contributed by atoms with Crippen LogP contribution in [0.4, 0.5) is 0 Å². The summed E-state index contributed by atoms with van der Waals surface area (Å²) in [5, 5.41) is 0. The number of hydrogen-bond donors (Lipinski definition) is 0. The minimum Gasteiger partial charge on any atom is -0.490 e. The Kier molecular flexibility index (Phi) is 8.27. The molecule has 0 atom stereocenters. The molecule has 1 aromatic rings. The molecular weight excluding hydrogens is 256 g/mol. The lowest BCUT2D eigenvalue weighted by molar-refractivity contribution is -0.143. The molecule has 0 aromatic heterocycles. The van der Waals surface area contributed by atoms with Crippen LogP contribution in [0.15, 0.2) is 24.3 Å². The summed E-state index contributed by atoms with van der Waals surface area (Å²) in [6.45, 7) is 5.48. The second-order valence-corrected chi connectivity index (χ2v) is 4.34. The lowest BCUT2D eigenvalue weighted by Crippen LogP contribution is -2.04. The van der Waals surface area contributed by atoms with Gasteiger partial charge in [0.25, 0.3) is 0 Å². The van der Waals surface area contributed by atoms with Gasteiger partial charge in [-0.15, -0.1) is 0 Å². The molecule has 4 nitrogen and oxygen atoms in total. The molecule has 0 bridgehead atoms. The van der Waals surface area contributed by atoms with E-state index in [4.69, 9.17) is 14.2 Å². The summed E-state index contributed by atoms with van der Waals surface area (Å²) in [5.41, 5.74) is 0. The maximum Gasteiger partial charge on any atom is 0.305 e. The highest BCUT2D eigenvalue weighted by atomic mass is 16.5. The first-order chi connectivity index (χ1) is 9.77. The first-order valence-electron chi connectivity index (χ1n) is 7.28. The van der Waals surface area contributed by atoms with Gasteiger partial charge in [-0.1, -0.05) is 12.1 Å². The van der Waals surface area contributed by atoms with Gasteiger partial charge in [0, 0.05) is 6.42 Å². The predicted octanol–water partition coefficient (Wildman–Crippen LogP) is 3.59. The SMILES string of the molecule is CCOC(=O)CCCCCOc1ccccc1OCC. The van der Waals surface area contributed by atoms with Gasteiger partial charge in [0.05, 0.1) is 19.8 Å². The summed E-state index contributed by atoms with van der Waals surface area (Å²) in [4.78, 5) is 11.1. The van der Waals surface area contributed by atoms with Crippen molar-refractivity contribution in [1.29, 1.82) is 0 Å². The van der Waals surface area contributed by atoms with Crippen molar-refractivity contribution in [3.8, 4) is 11.5 Å². The number of carbonyl (C=O) groups is 1. The van der Waals surface area contributed by atoms with Crippen molar-refractivity contribution in [2.45, 2.75) is 39.5 Å². The Morgan fingerprint density at radius 3 is 2.30 bits per heavy atom. The van der Waals surface area contributed by atoms with Gasteiger partial charge in [-0.05, 0) is 45.2 Å². The van der Waals surface area contributed by atoms with E-state index < -0.39 is 0 Å². The van der Waals surface area contributed by atoms with Gasteiger partial charge < -0.3 is 14.2 Å². The second kappa shape index (κ2) is 10.1. The van der Waals surface area contributed by atoms with E-state index in [1.54, 1.807) is 0 Å². The topological polar surface area (TPSA) is 44.8 Å². The minimum absolute atomic E-state index is 0.116. The highest BCUT2D eigenvalue weighted by Crippen LogP contribution is 2.26. The van der Waals surface area contributed by atoms with Crippen LogP contribution < -0.4 is 9.47 Å². The predicted molar refractivity (Wildman–Crippen MR) is 78.2 cm³/mol. The Morgan fingerprint density at radius 1 is 0.950 bits per heavy atom. The lowest BCUT2D eigenvalue weighted by Gasteiger charge is -2.11. The average Bonchev–Trinajstić information content (AvgIpc) is 2.45. The van der Waals surface area contributed by atoms with E-state index in [0.717, 1.165) is 30.8 Å². The maximum atomic E-state index is 11.1. The van der Waals surface area contributed by atoms with Crippen molar-refractivity contribution < 1.29 is 19.0 Å². The van der Waals surface area contributed by atoms with Crippen LogP contribution in [0.5, 0.6) is 11.5 Å². The van der Waals surface area contributed by atoms with Crippen molar-refractivity contribution in [3.05, 3.63) is 24.3 Å². The molecule has 1 rings (SSSR count). The monoisotopic (exact) mass is 280 g/mol. The van der Waals surface area contributed by atoms with Crippen molar-refractivity contribution in [2.24, 2.45) is 0 Å². The molecule has 0 unspecified atom stereocenters. The van der Waals surface area contributed by atoms with Crippen molar-refractivity contribution in [3.63, 3.8) is 0 Å². The molecule has 0 amide bonds. The van der Waals surface area contributed by atoms with Gasteiger partial charge in [0.15, 0.2) is 11.5 Å². The third-order valence-corrected chi connectivity index (χ3v) is 2.74. The van der Waals surface area contributed by atoms with E-state index in [-0.39, 0.29) is 5.97 Å². The number of carbonyl (C=O) groups excluding carboxylic acids is 1. The van der Waals surface area contributed by atoms with Gasteiger partial charge in [0.1, 0.15) is 0 Å². The van der Waals surface area contributed by atoms with Crippen LogP contribution >= 0.6 is 0 Å². The zero-order chi connectivity index (χ0) is 14.6. The standard InChI is InChI=1S/C16H24O4/c1-3-18-14-10-7-8-11-15(14)20-13-9-5-6-12-16(17)19-4-2/h7-8,10-11H,3-6,9,12-13H2,1-2H3. The van der Waals surface area contributed by atoms with E-state index >= 15 is 0 Å². The molecule has 0 saturated carbocycles. The molecule has 0 aliphatic heterocycles. The number of benzene rings is 1. The van der Waals surface area contributed by atoms with Crippen LogP contribution in [0, 0.1) is 0 Å². The summed E-state index contributed by atoms with van der Waals surface area (Å²) < 4.78 is 16.1. The number of hydrogen-bond acceptors (Lipinski definition) is 4. The minimum atomic E-state index is -0.116. The molecule has 0 aliphatic rings. The summed E-state index contributed by atoms with van der Waals surface area (Å²) in [6, 6.07) is 7.67.